The number of furan rings is 1. The van der Waals surface area contributed by atoms with Gasteiger partial charge < -0.3 is 9.73 Å². The van der Waals surface area contributed by atoms with Gasteiger partial charge in [0.1, 0.15) is 17.4 Å². The molecule has 7 heteroatoms. The highest BCUT2D eigenvalue weighted by Crippen LogP contribution is 2.18. The van der Waals surface area contributed by atoms with Gasteiger partial charge in [-0.15, -0.1) is 0 Å². The predicted molar refractivity (Wildman–Crippen MR) is 69.1 cm³/mol. The van der Waals surface area contributed by atoms with Crippen molar-refractivity contribution in [2.75, 3.05) is 5.32 Å². The average molecular weight is 259 g/mol. The molecule has 98 valence electrons. The summed E-state index contributed by atoms with van der Waals surface area (Å²) in [5.41, 5.74) is 0.247. The Morgan fingerprint density at radius 1 is 1.53 bits per heavy atom. The molecule has 0 aromatic carbocycles. The Morgan fingerprint density at radius 3 is 3.11 bits per heavy atom. The number of nitrogens with one attached hydrogen (secondary N) is 2. The van der Waals surface area contributed by atoms with E-state index in [2.05, 4.69) is 20.5 Å². The molecular formula is C12H13N5O2. The van der Waals surface area contributed by atoms with Gasteiger partial charge in [-0.25, -0.2) is 19.3 Å². The first kappa shape index (κ1) is 11.5. The van der Waals surface area contributed by atoms with Crippen molar-refractivity contribution in [1.29, 1.82) is 0 Å². The second-order valence-corrected chi connectivity index (χ2v) is 4.29. The maximum absolute atomic E-state index is 11.5. The van der Waals surface area contributed by atoms with E-state index in [1.807, 2.05) is 19.1 Å². The summed E-state index contributed by atoms with van der Waals surface area (Å²) in [5, 5.41) is 9.54. The van der Waals surface area contributed by atoms with Gasteiger partial charge in [0.2, 0.25) is 0 Å². The molecule has 3 rings (SSSR count). The number of fused-ring (bicyclic) bond motifs is 1. The maximum atomic E-state index is 11.5. The number of H-pyrrole nitrogens is 1. The van der Waals surface area contributed by atoms with Gasteiger partial charge >= 0.3 is 5.69 Å². The number of aryl methyl sites for hydroxylation is 1. The van der Waals surface area contributed by atoms with Crippen LogP contribution in [-0.2, 0) is 0 Å². The molecule has 1 unspecified atom stereocenters. The van der Waals surface area contributed by atoms with Crippen molar-refractivity contribution < 1.29 is 4.42 Å². The standard InChI is InChI=1S/C12H13N5O2/c1-7(9-4-3-5-19-9)13-10-6-11-15-16-12(18)17(11)8(2)14-10/h3-7,13H,1-2H3,(H,16,18). The van der Waals surface area contributed by atoms with Gasteiger partial charge in [0.05, 0.1) is 12.3 Å². The predicted octanol–water partition coefficient (Wildman–Crippen LogP) is 1.49. The molecule has 0 fully saturated rings. The van der Waals surface area contributed by atoms with E-state index >= 15 is 0 Å². The summed E-state index contributed by atoms with van der Waals surface area (Å²) in [4.78, 5) is 15.8. The summed E-state index contributed by atoms with van der Waals surface area (Å²) in [6.45, 7) is 3.73. The fourth-order valence-corrected chi connectivity index (χ4v) is 2.00. The molecule has 0 saturated heterocycles. The Hall–Kier alpha value is -2.57. The molecule has 19 heavy (non-hydrogen) atoms. The summed E-state index contributed by atoms with van der Waals surface area (Å²) in [6.07, 6.45) is 1.63. The van der Waals surface area contributed by atoms with E-state index in [-0.39, 0.29) is 11.7 Å². The number of hydrogen-bond donors (Lipinski definition) is 2. The zero-order chi connectivity index (χ0) is 13.4. The largest absolute Gasteiger partial charge is 0.467 e. The minimum Gasteiger partial charge on any atom is -0.467 e. The maximum Gasteiger partial charge on any atom is 0.349 e. The number of hydrogen-bond acceptors (Lipinski definition) is 5. The molecular weight excluding hydrogens is 246 g/mol. The lowest BCUT2D eigenvalue weighted by atomic mass is 10.2. The Morgan fingerprint density at radius 2 is 2.37 bits per heavy atom. The quantitative estimate of drug-likeness (QED) is 0.744. The molecule has 0 saturated carbocycles. The van der Waals surface area contributed by atoms with Crippen molar-refractivity contribution in [3.05, 3.63) is 46.5 Å². The van der Waals surface area contributed by atoms with Crippen LogP contribution in [0.1, 0.15) is 24.6 Å². The lowest BCUT2D eigenvalue weighted by Gasteiger charge is -2.12. The van der Waals surface area contributed by atoms with Gasteiger partial charge in [-0.2, -0.15) is 5.10 Å². The van der Waals surface area contributed by atoms with E-state index in [1.165, 1.54) is 4.40 Å². The average Bonchev–Trinajstić information content (AvgIpc) is 2.99. The van der Waals surface area contributed by atoms with Crippen molar-refractivity contribution in [3.8, 4) is 0 Å². The number of aromatic amines is 1. The molecule has 0 aliphatic heterocycles. The topological polar surface area (TPSA) is 88.2 Å². The summed E-state index contributed by atoms with van der Waals surface area (Å²) in [7, 11) is 0. The van der Waals surface area contributed by atoms with Crippen LogP contribution < -0.4 is 11.0 Å². The van der Waals surface area contributed by atoms with E-state index in [0.717, 1.165) is 5.76 Å². The summed E-state index contributed by atoms with van der Waals surface area (Å²) < 4.78 is 6.74. The third-order valence-corrected chi connectivity index (χ3v) is 2.90. The first-order valence-electron chi connectivity index (χ1n) is 5.90. The van der Waals surface area contributed by atoms with Crippen molar-refractivity contribution in [1.82, 2.24) is 19.6 Å². The monoisotopic (exact) mass is 259 g/mol. The highest BCUT2D eigenvalue weighted by atomic mass is 16.3. The van der Waals surface area contributed by atoms with Crippen LogP contribution in [0.5, 0.6) is 0 Å². The second-order valence-electron chi connectivity index (χ2n) is 4.29. The SMILES string of the molecule is Cc1nc(NC(C)c2ccco2)cc2n[nH]c(=O)n12. The van der Waals surface area contributed by atoms with Gasteiger partial charge in [-0.05, 0) is 26.0 Å². The highest BCUT2D eigenvalue weighted by molar-refractivity contribution is 5.50. The second kappa shape index (κ2) is 4.27. The van der Waals surface area contributed by atoms with Crippen LogP contribution in [0.3, 0.4) is 0 Å². The van der Waals surface area contributed by atoms with Crippen LogP contribution in [0.2, 0.25) is 0 Å². The molecule has 0 amide bonds. The molecule has 1 atom stereocenters. The van der Waals surface area contributed by atoms with E-state index < -0.39 is 0 Å². The van der Waals surface area contributed by atoms with E-state index in [0.29, 0.717) is 17.3 Å². The molecule has 3 aromatic rings. The molecule has 3 aromatic heterocycles. The van der Waals surface area contributed by atoms with E-state index in [1.54, 1.807) is 19.3 Å². The Bertz CT molecular complexity index is 756. The van der Waals surface area contributed by atoms with E-state index in [4.69, 9.17) is 4.42 Å². The van der Waals surface area contributed by atoms with Gasteiger partial charge in [0.15, 0.2) is 5.65 Å². The molecule has 2 N–H and O–H groups in total. The summed E-state index contributed by atoms with van der Waals surface area (Å²) in [6, 6.07) is 5.42. The summed E-state index contributed by atoms with van der Waals surface area (Å²) >= 11 is 0. The third kappa shape index (κ3) is 1.99. The molecule has 0 aliphatic rings. The van der Waals surface area contributed by atoms with Crippen molar-refractivity contribution in [3.63, 3.8) is 0 Å². The molecule has 0 bridgehead atoms. The fourth-order valence-electron chi connectivity index (χ4n) is 2.00. The zero-order valence-corrected chi connectivity index (χ0v) is 10.5. The number of aromatic nitrogens is 4. The number of anilines is 1. The lowest BCUT2D eigenvalue weighted by molar-refractivity contribution is 0.490. The minimum atomic E-state index is -0.286. The van der Waals surface area contributed by atoms with Gasteiger partial charge in [-0.3, -0.25) is 0 Å². The smallest absolute Gasteiger partial charge is 0.349 e. The van der Waals surface area contributed by atoms with Crippen molar-refractivity contribution in [2.24, 2.45) is 0 Å². The van der Waals surface area contributed by atoms with Crippen LogP contribution in [0.15, 0.2) is 33.7 Å². The zero-order valence-electron chi connectivity index (χ0n) is 10.5. The molecule has 7 nitrogen and oxygen atoms in total. The third-order valence-electron chi connectivity index (χ3n) is 2.90. The highest BCUT2D eigenvalue weighted by Gasteiger charge is 2.11. The van der Waals surface area contributed by atoms with Gasteiger partial charge in [0, 0.05) is 6.07 Å². The van der Waals surface area contributed by atoms with Crippen LogP contribution in [-0.4, -0.2) is 19.6 Å². The first-order chi connectivity index (χ1) is 9.15. The Kier molecular flexibility index (Phi) is 2.59. The molecule has 0 spiro atoms. The molecule has 0 radical (unpaired) electrons. The number of rotatable bonds is 3. The van der Waals surface area contributed by atoms with Gasteiger partial charge in [0.25, 0.3) is 0 Å². The van der Waals surface area contributed by atoms with Crippen LogP contribution in [0.25, 0.3) is 5.65 Å². The summed E-state index contributed by atoms with van der Waals surface area (Å²) in [5.74, 6) is 2.04. The fraction of sp³-hybridized carbons (Fsp3) is 0.250. The Balaban J connectivity index is 1.95. The van der Waals surface area contributed by atoms with Gasteiger partial charge in [-0.1, -0.05) is 0 Å². The normalized spacial score (nSPS) is 12.7. The van der Waals surface area contributed by atoms with Crippen LogP contribution >= 0.6 is 0 Å². The van der Waals surface area contributed by atoms with Crippen molar-refractivity contribution in [2.45, 2.75) is 19.9 Å². The first-order valence-corrected chi connectivity index (χ1v) is 5.90. The van der Waals surface area contributed by atoms with Crippen molar-refractivity contribution >= 4 is 11.5 Å². The minimum absolute atomic E-state index is 0.0185. The van der Waals surface area contributed by atoms with Crippen LogP contribution in [0, 0.1) is 6.92 Å². The van der Waals surface area contributed by atoms with E-state index in [9.17, 15) is 4.79 Å². The number of nitrogens with zero attached hydrogens (tertiary/aromatic N) is 3. The van der Waals surface area contributed by atoms with Crippen LogP contribution in [0.4, 0.5) is 5.82 Å². The molecule has 0 aliphatic carbocycles. The lowest BCUT2D eigenvalue weighted by Crippen LogP contribution is -2.15. The molecule has 3 heterocycles. The Labute approximate surface area is 108 Å².